The maximum atomic E-state index is 14.2. The third-order valence-electron chi connectivity index (χ3n) is 8.61. The molecule has 0 spiro atoms. The van der Waals surface area contributed by atoms with Gasteiger partial charge in [-0.15, -0.1) is 0 Å². The number of hydrogen-bond acceptors (Lipinski definition) is 9. The normalized spacial score (nSPS) is 26.0. The molecule has 1 N–H and O–H groups in total. The van der Waals surface area contributed by atoms with Crippen molar-refractivity contribution in [1.82, 2.24) is 15.1 Å². The average Bonchev–Trinajstić information content (AvgIpc) is 3.58. The average molecular weight is 696 g/mol. The van der Waals surface area contributed by atoms with E-state index in [1.807, 2.05) is 60.7 Å². The number of ether oxygens (including phenoxy) is 2. The molecule has 4 heterocycles. The molecule has 14 heteroatoms. The van der Waals surface area contributed by atoms with Crippen molar-refractivity contribution < 1.29 is 41.3 Å². The highest BCUT2D eigenvalue weighted by molar-refractivity contribution is 7.91. The summed E-state index contributed by atoms with van der Waals surface area (Å²) >= 11 is 0. The molecular formula is C34H37N3O9S2. The summed E-state index contributed by atoms with van der Waals surface area (Å²) in [6.45, 7) is 5.32. The van der Waals surface area contributed by atoms with Gasteiger partial charge in [0.15, 0.2) is 15.9 Å². The van der Waals surface area contributed by atoms with Crippen LogP contribution in [0.3, 0.4) is 0 Å². The first-order chi connectivity index (χ1) is 22.7. The Hall–Kier alpha value is -4.30. The number of benzene rings is 2. The lowest BCUT2D eigenvalue weighted by Gasteiger charge is -2.49. The molecule has 3 amide bonds. The smallest absolute Gasteiger partial charge is 0.408 e. The van der Waals surface area contributed by atoms with Gasteiger partial charge in [0.2, 0.25) is 5.91 Å². The molecule has 254 valence electrons. The number of carbonyl (C=O) groups is 4. The van der Waals surface area contributed by atoms with Gasteiger partial charge >= 0.3 is 12.1 Å². The first-order valence-corrected chi connectivity index (χ1v) is 18.9. The second-order valence-corrected chi connectivity index (χ2v) is 17.0. The molecule has 2 aromatic carbocycles. The van der Waals surface area contributed by atoms with Crippen molar-refractivity contribution in [1.29, 1.82) is 0 Å². The largest absolute Gasteiger partial charge is 0.448 e. The molecule has 4 atom stereocenters. The van der Waals surface area contributed by atoms with E-state index in [0.29, 0.717) is 29.7 Å². The molecule has 48 heavy (non-hydrogen) atoms. The van der Waals surface area contributed by atoms with Gasteiger partial charge in [0.1, 0.15) is 22.7 Å². The van der Waals surface area contributed by atoms with Gasteiger partial charge in [-0.1, -0.05) is 60.7 Å². The number of likely N-dealkylation sites (tertiary alicyclic amines) is 1. The summed E-state index contributed by atoms with van der Waals surface area (Å²) in [4.78, 5) is 56.6. The highest BCUT2D eigenvalue weighted by Gasteiger charge is 2.58. The van der Waals surface area contributed by atoms with Gasteiger partial charge in [0.05, 0.1) is 28.1 Å². The number of nitrogens with one attached hydrogen (secondary N) is 1. The third-order valence-corrected chi connectivity index (χ3v) is 12.0. The number of fused-ring (bicyclic) bond motifs is 1. The fraction of sp³-hybridized carbons (Fsp3) is 0.412. The van der Waals surface area contributed by atoms with Crippen LogP contribution in [0.2, 0.25) is 0 Å². The summed E-state index contributed by atoms with van der Waals surface area (Å²) in [7, 11) is -5.01. The van der Waals surface area contributed by atoms with E-state index in [2.05, 4.69) is 5.32 Å². The Balaban J connectivity index is 1.36. The van der Waals surface area contributed by atoms with Crippen molar-refractivity contribution in [3.63, 3.8) is 0 Å². The van der Waals surface area contributed by atoms with Gasteiger partial charge in [-0.05, 0) is 56.4 Å². The van der Waals surface area contributed by atoms with Crippen molar-refractivity contribution in [2.24, 2.45) is 0 Å². The Morgan fingerprint density at radius 3 is 2.21 bits per heavy atom. The summed E-state index contributed by atoms with van der Waals surface area (Å²) in [6, 6.07) is 16.5. The minimum atomic E-state index is -3.23. The minimum Gasteiger partial charge on any atom is -0.448 e. The standard InChI is InChI=1S/C34H37N3O9S2/c1-34(2,3)46-33(41)35-26-30(39)37-27(32(40)45-28(21-10-6-4-7-11-21)22-12-8-5-9-13-22)24(19-47(42)31(26)37)18-23-14-16-36(29(23)38)25-15-17-48(43,44)20-25/h4-13,18,25-26,28,31H,14-17,19-20H2,1-3H3,(H,35,41)/t25?,26-,31-,47+/m1/s1. The van der Waals surface area contributed by atoms with E-state index in [9.17, 15) is 31.8 Å². The lowest BCUT2D eigenvalue weighted by atomic mass is 10.00. The Morgan fingerprint density at radius 1 is 1.02 bits per heavy atom. The number of allylic oxidation sites excluding steroid dienone is 1. The monoisotopic (exact) mass is 695 g/mol. The number of hydrogen-bond donors (Lipinski definition) is 1. The van der Waals surface area contributed by atoms with Crippen molar-refractivity contribution in [3.8, 4) is 0 Å². The molecule has 0 aliphatic carbocycles. The number of amides is 3. The van der Waals surface area contributed by atoms with Gasteiger partial charge in [-0.3, -0.25) is 18.7 Å². The fourth-order valence-corrected chi connectivity index (χ4v) is 9.79. The summed E-state index contributed by atoms with van der Waals surface area (Å²) < 4.78 is 49.3. The Labute approximate surface area is 281 Å². The fourth-order valence-electron chi connectivity index (χ4n) is 6.43. The van der Waals surface area contributed by atoms with Gasteiger partial charge in [0, 0.05) is 18.2 Å². The summed E-state index contributed by atoms with van der Waals surface area (Å²) in [5.41, 5.74) is 0.856. The topological polar surface area (TPSA) is 156 Å². The Morgan fingerprint density at radius 2 is 1.65 bits per heavy atom. The summed E-state index contributed by atoms with van der Waals surface area (Å²) in [6.07, 6.45) is 0.398. The number of sulfone groups is 1. The molecule has 4 aliphatic heterocycles. The first-order valence-electron chi connectivity index (χ1n) is 15.7. The van der Waals surface area contributed by atoms with E-state index < -0.39 is 67.8 Å². The molecule has 4 aliphatic rings. The zero-order valence-corrected chi connectivity index (χ0v) is 28.4. The zero-order chi connectivity index (χ0) is 34.4. The molecule has 3 saturated heterocycles. The summed E-state index contributed by atoms with van der Waals surface area (Å²) in [5.74, 6) is -2.19. The Kier molecular flexibility index (Phi) is 9.07. The van der Waals surface area contributed by atoms with Crippen LogP contribution >= 0.6 is 0 Å². The quantitative estimate of drug-likeness (QED) is 0.262. The van der Waals surface area contributed by atoms with Crippen LogP contribution in [0.25, 0.3) is 0 Å². The predicted molar refractivity (Wildman–Crippen MR) is 176 cm³/mol. The first kappa shape index (κ1) is 33.6. The molecule has 1 unspecified atom stereocenters. The predicted octanol–water partition coefficient (Wildman–Crippen LogP) is 2.74. The molecule has 3 fully saturated rings. The van der Waals surface area contributed by atoms with Crippen LogP contribution < -0.4 is 5.32 Å². The van der Waals surface area contributed by atoms with E-state index in [-0.39, 0.29) is 40.9 Å². The van der Waals surface area contributed by atoms with E-state index in [4.69, 9.17) is 9.47 Å². The van der Waals surface area contributed by atoms with Crippen molar-refractivity contribution >= 4 is 44.5 Å². The van der Waals surface area contributed by atoms with Gasteiger partial charge < -0.3 is 19.7 Å². The molecule has 0 bridgehead atoms. The highest BCUT2D eigenvalue weighted by atomic mass is 32.2. The number of nitrogens with zero attached hydrogens (tertiary/aromatic N) is 2. The van der Waals surface area contributed by atoms with Crippen molar-refractivity contribution in [2.45, 2.75) is 62.8 Å². The van der Waals surface area contributed by atoms with E-state index in [1.165, 1.54) is 11.0 Å². The van der Waals surface area contributed by atoms with Crippen LogP contribution in [-0.2, 0) is 44.5 Å². The molecular weight excluding hydrogens is 659 g/mol. The molecule has 2 aromatic rings. The third kappa shape index (κ3) is 6.81. The SMILES string of the molecule is CC(C)(C)OC(=O)N[C@@H]1C(=O)N2C(C(=O)OC(c3ccccc3)c3ccccc3)=C(C=C3CCN(C4CCS(=O)(=O)C4)C3=O)C[S@](=O)[C@H]12. The number of β-lactam (4-membered cyclic amide) rings is 1. The van der Waals surface area contributed by atoms with Crippen LogP contribution in [0.1, 0.15) is 50.8 Å². The maximum absolute atomic E-state index is 14.2. The van der Waals surface area contributed by atoms with Gasteiger partial charge in [-0.2, -0.15) is 0 Å². The molecule has 0 radical (unpaired) electrons. The van der Waals surface area contributed by atoms with Crippen LogP contribution in [0, 0.1) is 0 Å². The number of alkyl carbamates (subject to hydrolysis) is 1. The molecule has 12 nitrogen and oxygen atoms in total. The van der Waals surface area contributed by atoms with Crippen LogP contribution in [0.15, 0.2) is 83.6 Å². The number of esters is 1. The second-order valence-electron chi connectivity index (χ2n) is 13.2. The number of rotatable bonds is 7. The van der Waals surface area contributed by atoms with Crippen LogP contribution in [0.4, 0.5) is 4.79 Å². The molecule has 0 aromatic heterocycles. The highest BCUT2D eigenvalue weighted by Crippen LogP contribution is 2.39. The molecule has 6 rings (SSSR count). The van der Waals surface area contributed by atoms with Gasteiger partial charge in [0.25, 0.3) is 5.91 Å². The van der Waals surface area contributed by atoms with Crippen molar-refractivity contribution in [2.75, 3.05) is 23.8 Å². The van der Waals surface area contributed by atoms with Crippen molar-refractivity contribution in [3.05, 3.63) is 94.7 Å². The Bertz CT molecular complexity index is 1800. The lowest BCUT2D eigenvalue weighted by Crippen LogP contribution is -2.73. The number of carbonyl (C=O) groups excluding carboxylic acids is 4. The van der Waals surface area contributed by atoms with E-state index in [1.54, 1.807) is 20.8 Å². The van der Waals surface area contributed by atoms with Crippen LogP contribution in [0.5, 0.6) is 0 Å². The molecule has 0 saturated carbocycles. The maximum Gasteiger partial charge on any atom is 0.408 e. The zero-order valence-electron chi connectivity index (χ0n) is 26.8. The van der Waals surface area contributed by atoms with E-state index in [0.717, 1.165) is 4.90 Å². The minimum absolute atomic E-state index is 0.0154. The second kappa shape index (κ2) is 13.0. The lowest BCUT2D eigenvalue weighted by molar-refractivity contribution is -0.153. The van der Waals surface area contributed by atoms with Crippen LogP contribution in [-0.4, -0.2) is 93.2 Å². The summed E-state index contributed by atoms with van der Waals surface area (Å²) in [5, 5.41) is 1.43. The van der Waals surface area contributed by atoms with E-state index >= 15 is 0 Å². The van der Waals surface area contributed by atoms with Gasteiger partial charge in [-0.25, -0.2) is 18.0 Å².